The molecule has 0 bridgehead atoms. The Morgan fingerprint density at radius 2 is 2.00 bits per heavy atom. The van der Waals surface area contributed by atoms with Crippen molar-refractivity contribution >= 4 is 28.6 Å². The minimum Gasteiger partial charge on any atom is -0.387 e. The molecular weight excluding hydrogens is 487 g/mol. The standard InChI is InChI=1S/C27H27FN8O2/c1-27(2,38)24(28)16-32-26(37)20-15-30-22(23-6-5-19-10-17(12-29)13-33-36(19)23)11-21(20)34-18-4-7-25(31-14-18)35-8-3-9-35/h4-7,10-11,13-15,24,38H,3,8-9,16H2,1-2H3,(H,30,34)(H,32,37). The molecule has 1 aliphatic rings. The summed E-state index contributed by atoms with van der Waals surface area (Å²) in [5.74, 6) is 0.346. The van der Waals surface area contributed by atoms with E-state index in [1.54, 1.807) is 22.8 Å². The molecule has 194 valence electrons. The van der Waals surface area contributed by atoms with E-state index in [0.717, 1.165) is 30.8 Å². The maximum atomic E-state index is 14.3. The Morgan fingerprint density at radius 3 is 2.66 bits per heavy atom. The molecule has 0 radical (unpaired) electrons. The van der Waals surface area contributed by atoms with Crippen LogP contribution < -0.4 is 15.5 Å². The molecule has 38 heavy (non-hydrogen) atoms. The van der Waals surface area contributed by atoms with Gasteiger partial charge in [-0.3, -0.25) is 9.78 Å². The number of aliphatic hydroxyl groups is 1. The van der Waals surface area contributed by atoms with Gasteiger partial charge in [-0.2, -0.15) is 10.4 Å². The highest BCUT2D eigenvalue weighted by atomic mass is 19.1. The molecule has 11 heteroatoms. The van der Waals surface area contributed by atoms with Crippen molar-refractivity contribution in [1.29, 1.82) is 5.26 Å². The van der Waals surface area contributed by atoms with E-state index < -0.39 is 17.7 Å². The molecule has 1 amide bonds. The van der Waals surface area contributed by atoms with Gasteiger partial charge in [-0.1, -0.05) is 0 Å². The first-order valence-electron chi connectivity index (χ1n) is 12.2. The van der Waals surface area contributed by atoms with Crippen molar-refractivity contribution in [2.75, 3.05) is 29.9 Å². The summed E-state index contributed by atoms with van der Waals surface area (Å²) in [6.07, 6.45) is 4.08. The first kappa shape index (κ1) is 25.1. The van der Waals surface area contributed by atoms with E-state index in [-0.39, 0.29) is 12.1 Å². The second kappa shape index (κ2) is 10.1. The van der Waals surface area contributed by atoms with Crippen molar-refractivity contribution in [3.8, 4) is 17.5 Å². The molecule has 4 aromatic rings. The third-order valence-electron chi connectivity index (χ3n) is 6.46. The molecule has 1 saturated heterocycles. The largest absolute Gasteiger partial charge is 0.387 e. The van der Waals surface area contributed by atoms with E-state index in [0.29, 0.717) is 28.3 Å². The Bertz CT molecular complexity index is 1520. The van der Waals surface area contributed by atoms with Crippen LogP contribution in [0.4, 0.5) is 21.6 Å². The molecule has 10 nitrogen and oxygen atoms in total. The lowest BCUT2D eigenvalue weighted by Gasteiger charge is -2.31. The summed E-state index contributed by atoms with van der Waals surface area (Å²) in [6.45, 7) is 4.30. The molecule has 5 heterocycles. The van der Waals surface area contributed by atoms with Crippen LogP contribution in [0.15, 0.2) is 55.0 Å². The summed E-state index contributed by atoms with van der Waals surface area (Å²) in [5.41, 5.74) is 2.08. The second-order valence-corrected chi connectivity index (χ2v) is 9.73. The lowest BCUT2D eigenvalue weighted by molar-refractivity contribution is -0.00177. The van der Waals surface area contributed by atoms with Crippen LogP contribution >= 0.6 is 0 Å². The molecule has 3 N–H and O–H groups in total. The van der Waals surface area contributed by atoms with E-state index in [2.05, 4.69) is 36.7 Å². The number of rotatable bonds is 8. The van der Waals surface area contributed by atoms with Crippen LogP contribution in [0, 0.1) is 11.3 Å². The molecule has 1 fully saturated rings. The number of amides is 1. The Labute approximate surface area is 218 Å². The molecule has 1 aliphatic heterocycles. The van der Waals surface area contributed by atoms with Gasteiger partial charge < -0.3 is 20.6 Å². The molecule has 0 aromatic carbocycles. The molecule has 1 atom stereocenters. The number of carbonyl (C=O) groups excluding carboxylic acids is 1. The molecule has 4 aromatic heterocycles. The Morgan fingerprint density at radius 1 is 1.18 bits per heavy atom. The van der Waals surface area contributed by atoms with Gasteiger partial charge in [-0.25, -0.2) is 13.9 Å². The number of hydrogen-bond acceptors (Lipinski definition) is 8. The zero-order valence-corrected chi connectivity index (χ0v) is 21.0. The molecule has 0 aliphatic carbocycles. The van der Waals surface area contributed by atoms with Crippen LogP contribution in [0.3, 0.4) is 0 Å². The predicted octanol–water partition coefficient (Wildman–Crippen LogP) is 3.46. The zero-order chi connectivity index (χ0) is 26.9. The van der Waals surface area contributed by atoms with E-state index in [9.17, 15) is 14.3 Å². The van der Waals surface area contributed by atoms with Crippen LogP contribution in [0.1, 0.15) is 36.2 Å². The highest BCUT2D eigenvalue weighted by Crippen LogP contribution is 2.28. The van der Waals surface area contributed by atoms with Gasteiger partial charge in [0.2, 0.25) is 0 Å². The fourth-order valence-corrected chi connectivity index (χ4v) is 4.01. The van der Waals surface area contributed by atoms with Crippen LogP contribution in [0.25, 0.3) is 16.9 Å². The Balaban J connectivity index is 1.47. The third kappa shape index (κ3) is 5.12. The molecule has 0 saturated carbocycles. The average molecular weight is 515 g/mol. The van der Waals surface area contributed by atoms with Crippen molar-refractivity contribution in [3.63, 3.8) is 0 Å². The number of hydrogen-bond donors (Lipinski definition) is 3. The summed E-state index contributed by atoms with van der Waals surface area (Å²) >= 11 is 0. The van der Waals surface area contributed by atoms with Crippen molar-refractivity contribution < 1.29 is 14.3 Å². The summed E-state index contributed by atoms with van der Waals surface area (Å²) < 4.78 is 15.9. The number of carbonyl (C=O) groups is 1. The quantitative estimate of drug-likeness (QED) is 0.326. The van der Waals surface area contributed by atoms with Gasteiger partial charge in [0.15, 0.2) is 0 Å². The average Bonchev–Trinajstić information content (AvgIpc) is 3.29. The number of nitrogens with one attached hydrogen (secondary N) is 2. The minimum atomic E-state index is -1.65. The van der Waals surface area contributed by atoms with E-state index in [1.165, 1.54) is 26.2 Å². The van der Waals surface area contributed by atoms with Crippen LogP contribution in [0.2, 0.25) is 0 Å². The van der Waals surface area contributed by atoms with Crippen LogP contribution in [-0.4, -0.2) is 62.0 Å². The van der Waals surface area contributed by atoms with Crippen molar-refractivity contribution in [2.24, 2.45) is 0 Å². The highest BCUT2D eigenvalue weighted by molar-refractivity contribution is 6.00. The number of pyridine rings is 2. The number of anilines is 3. The lowest BCUT2D eigenvalue weighted by Crippen LogP contribution is -2.42. The number of nitrogens with zero attached hydrogens (tertiary/aromatic N) is 6. The summed E-state index contributed by atoms with van der Waals surface area (Å²) in [4.78, 5) is 24.2. The van der Waals surface area contributed by atoms with Gasteiger partial charge >= 0.3 is 0 Å². The van der Waals surface area contributed by atoms with Crippen LogP contribution in [-0.2, 0) is 0 Å². The number of aromatic nitrogens is 4. The topological polar surface area (TPSA) is 131 Å². The van der Waals surface area contributed by atoms with Gasteiger partial charge in [-0.05, 0) is 56.7 Å². The third-order valence-corrected chi connectivity index (χ3v) is 6.46. The Hall–Kier alpha value is -4.56. The predicted molar refractivity (Wildman–Crippen MR) is 141 cm³/mol. The zero-order valence-electron chi connectivity index (χ0n) is 21.0. The number of alkyl halides is 1. The smallest absolute Gasteiger partial charge is 0.255 e. The van der Waals surface area contributed by atoms with Gasteiger partial charge in [0.05, 0.1) is 63.9 Å². The Kier molecular flexibility index (Phi) is 6.65. The fraction of sp³-hybridized carbons (Fsp3) is 0.296. The fourth-order valence-electron chi connectivity index (χ4n) is 4.01. The second-order valence-electron chi connectivity index (χ2n) is 9.73. The lowest BCUT2D eigenvalue weighted by atomic mass is 10.0. The first-order chi connectivity index (χ1) is 18.2. The van der Waals surface area contributed by atoms with E-state index >= 15 is 0 Å². The molecule has 5 rings (SSSR count). The number of halogens is 1. The van der Waals surface area contributed by atoms with E-state index in [1.807, 2.05) is 24.3 Å². The maximum absolute atomic E-state index is 14.3. The normalized spacial score (nSPS) is 14.0. The van der Waals surface area contributed by atoms with Gasteiger partial charge in [0.1, 0.15) is 18.1 Å². The summed E-state index contributed by atoms with van der Waals surface area (Å²) in [5, 5.41) is 29.2. The van der Waals surface area contributed by atoms with Gasteiger partial charge in [-0.15, -0.1) is 0 Å². The highest BCUT2D eigenvalue weighted by Gasteiger charge is 2.27. The van der Waals surface area contributed by atoms with E-state index in [4.69, 9.17) is 5.26 Å². The van der Waals surface area contributed by atoms with Crippen LogP contribution in [0.5, 0.6) is 0 Å². The number of fused-ring (bicyclic) bond motifs is 1. The summed E-state index contributed by atoms with van der Waals surface area (Å²) in [6, 6.07) is 13.0. The van der Waals surface area contributed by atoms with Crippen molar-refractivity contribution in [2.45, 2.75) is 32.0 Å². The molecule has 0 spiro atoms. The molecule has 1 unspecified atom stereocenters. The van der Waals surface area contributed by atoms with Crippen molar-refractivity contribution in [3.05, 3.63) is 66.1 Å². The first-order valence-corrected chi connectivity index (χ1v) is 12.2. The molecular formula is C27H27FN8O2. The van der Waals surface area contributed by atoms with Crippen molar-refractivity contribution in [1.82, 2.24) is 24.9 Å². The monoisotopic (exact) mass is 514 g/mol. The van der Waals surface area contributed by atoms with Gasteiger partial charge in [0, 0.05) is 19.3 Å². The maximum Gasteiger partial charge on any atom is 0.255 e. The SMILES string of the molecule is CC(C)(O)C(F)CNC(=O)c1cnc(-c2ccc3cc(C#N)cnn23)cc1Nc1ccc(N2CCC2)nc1. The van der Waals surface area contributed by atoms with Gasteiger partial charge in [0.25, 0.3) is 5.91 Å². The minimum absolute atomic E-state index is 0.198. The summed E-state index contributed by atoms with van der Waals surface area (Å²) in [7, 11) is 0. The number of nitriles is 1.